The summed E-state index contributed by atoms with van der Waals surface area (Å²) in [6, 6.07) is 11.7. The molecule has 0 unspecified atom stereocenters. The predicted molar refractivity (Wildman–Crippen MR) is 100 cm³/mol. The summed E-state index contributed by atoms with van der Waals surface area (Å²) in [5.41, 5.74) is 1.30. The van der Waals surface area contributed by atoms with Gasteiger partial charge in [-0.1, -0.05) is 50.6 Å². The summed E-state index contributed by atoms with van der Waals surface area (Å²) >= 11 is 8.43. The number of nitrogens with one attached hydrogen (secondary N) is 1. The molecule has 118 valence electrons. The lowest BCUT2D eigenvalue weighted by Crippen LogP contribution is -2.18. The van der Waals surface area contributed by atoms with E-state index < -0.39 is 10.0 Å². The first-order valence-corrected chi connectivity index (χ1v) is 9.63. The molecule has 0 aliphatic heterocycles. The number of halogens is 2. The standard InChI is InChI=1S/C16H17ClINO2S/c1-16(2,3)14-12(17)9-10-13(15(14)18)19-22(20,21)11-7-5-4-6-8-11/h4-10,19H,1-3H3. The van der Waals surface area contributed by atoms with Crippen LogP contribution >= 0.6 is 34.2 Å². The normalized spacial score (nSPS) is 12.2. The maximum Gasteiger partial charge on any atom is 0.261 e. The Hall–Kier alpha value is -0.790. The zero-order valence-corrected chi connectivity index (χ0v) is 16.3. The summed E-state index contributed by atoms with van der Waals surface area (Å²) in [7, 11) is -3.61. The number of rotatable bonds is 3. The van der Waals surface area contributed by atoms with Crippen molar-refractivity contribution < 1.29 is 8.42 Å². The molecule has 0 amide bonds. The van der Waals surface area contributed by atoms with Gasteiger partial charge in [0.25, 0.3) is 10.0 Å². The van der Waals surface area contributed by atoms with Crippen molar-refractivity contribution in [2.24, 2.45) is 0 Å². The second-order valence-corrected chi connectivity index (χ2v) is 9.12. The number of benzene rings is 2. The zero-order valence-electron chi connectivity index (χ0n) is 12.5. The average Bonchev–Trinajstić information content (AvgIpc) is 2.41. The first-order valence-electron chi connectivity index (χ1n) is 6.69. The van der Waals surface area contributed by atoms with Crippen LogP contribution in [0, 0.1) is 3.57 Å². The van der Waals surface area contributed by atoms with Crippen molar-refractivity contribution in [3.05, 3.63) is 56.6 Å². The lowest BCUT2D eigenvalue weighted by molar-refractivity contribution is 0.586. The first kappa shape index (κ1) is 17.6. The Bertz CT molecular complexity index is 784. The van der Waals surface area contributed by atoms with E-state index in [4.69, 9.17) is 11.6 Å². The van der Waals surface area contributed by atoms with Crippen LogP contribution in [0.2, 0.25) is 5.02 Å². The fraction of sp³-hybridized carbons (Fsp3) is 0.250. The third kappa shape index (κ3) is 3.75. The second kappa shape index (κ2) is 6.37. The second-order valence-electron chi connectivity index (χ2n) is 5.95. The van der Waals surface area contributed by atoms with Crippen LogP contribution in [-0.4, -0.2) is 8.42 Å². The van der Waals surface area contributed by atoms with Crippen LogP contribution in [0.25, 0.3) is 0 Å². The van der Waals surface area contributed by atoms with Gasteiger partial charge in [0.1, 0.15) is 0 Å². The summed E-state index contributed by atoms with van der Waals surface area (Å²) in [5.74, 6) is 0. The van der Waals surface area contributed by atoms with Gasteiger partial charge in [0, 0.05) is 8.59 Å². The molecular formula is C16H17ClINO2S. The molecule has 22 heavy (non-hydrogen) atoms. The fourth-order valence-corrected chi connectivity index (χ4v) is 5.41. The Labute approximate surface area is 150 Å². The minimum absolute atomic E-state index is 0.179. The molecule has 0 saturated heterocycles. The van der Waals surface area contributed by atoms with Gasteiger partial charge >= 0.3 is 0 Å². The highest BCUT2D eigenvalue weighted by atomic mass is 127. The average molecular weight is 450 g/mol. The van der Waals surface area contributed by atoms with Gasteiger partial charge in [0.15, 0.2) is 0 Å². The summed E-state index contributed by atoms with van der Waals surface area (Å²) in [4.78, 5) is 0.234. The maximum absolute atomic E-state index is 12.5. The molecule has 0 radical (unpaired) electrons. The van der Waals surface area contributed by atoms with Crippen molar-refractivity contribution in [2.45, 2.75) is 31.1 Å². The Morgan fingerprint density at radius 2 is 1.64 bits per heavy atom. The molecule has 0 aliphatic rings. The van der Waals surface area contributed by atoms with E-state index in [1.54, 1.807) is 42.5 Å². The third-order valence-corrected chi connectivity index (χ3v) is 5.96. The molecule has 0 saturated carbocycles. The highest BCUT2D eigenvalue weighted by Crippen LogP contribution is 2.37. The summed E-state index contributed by atoms with van der Waals surface area (Å²) in [6.45, 7) is 6.14. The molecule has 6 heteroatoms. The number of hydrogen-bond donors (Lipinski definition) is 1. The summed E-state index contributed by atoms with van der Waals surface area (Å²) < 4.78 is 28.4. The van der Waals surface area contributed by atoms with Gasteiger partial charge in [-0.25, -0.2) is 8.42 Å². The first-order chi connectivity index (χ1) is 10.1. The molecule has 0 spiro atoms. The van der Waals surface area contributed by atoms with E-state index in [0.29, 0.717) is 10.7 Å². The SMILES string of the molecule is CC(C)(C)c1c(Cl)ccc(NS(=O)(=O)c2ccccc2)c1I. The number of anilines is 1. The minimum atomic E-state index is -3.61. The van der Waals surface area contributed by atoms with Crippen molar-refractivity contribution in [2.75, 3.05) is 4.72 Å². The molecule has 0 atom stereocenters. The van der Waals surface area contributed by atoms with Gasteiger partial charge in [-0.15, -0.1) is 0 Å². The lowest BCUT2D eigenvalue weighted by atomic mass is 9.87. The van der Waals surface area contributed by atoms with E-state index in [1.807, 2.05) is 20.8 Å². The molecule has 3 nitrogen and oxygen atoms in total. The molecule has 0 heterocycles. The smallest absolute Gasteiger partial charge is 0.261 e. The van der Waals surface area contributed by atoms with Gasteiger partial charge in [-0.3, -0.25) is 4.72 Å². The highest BCUT2D eigenvalue weighted by molar-refractivity contribution is 14.1. The molecular weight excluding hydrogens is 433 g/mol. The maximum atomic E-state index is 12.5. The van der Waals surface area contributed by atoms with Crippen LogP contribution in [-0.2, 0) is 15.4 Å². The highest BCUT2D eigenvalue weighted by Gasteiger charge is 2.24. The third-order valence-electron chi connectivity index (χ3n) is 3.14. The van der Waals surface area contributed by atoms with Crippen LogP contribution in [0.5, 0.6) is 0 Å². The van der Waals surface area contributed by atoms with Crippen molar-refractivity contribution in [1.29, 1.82) is 0 Å². The number of hydrogen-bond acceptors (Lipinski definition) is 2. The van der Waals surface area contributed by atoms with Gasteiger partial charge < -0.3 is 0 Å². The molecule has 1 N–H and O–H groups in total. The molecule has 0 aromatic heterocycles. The molecule has 2 aromatic rings. The lowest BCUT2D eigenvalue weighted by Gasteiger charge is -2.24. The fourth-order valence-electron chi connectivity index (χ4n) is 2.12. The quantitative estimate of drug-likeness (QED) is 0.667. The Morgan fingerprint density at radius 3 is 2.18 bits per heavy atom. The molecule has 0 bridgehead atoms. The predicted octanol–water partition coefficient (Wildman–Crippen LogP) is 5.04. The van der Waals surface area contributed by atoms with Crippen LogP contribution in [0.15, 0.2) is 47.4 Å². The Balaban J connectivity index is 2.48. The van der Waals surface area contributed by atoms with E-state index in [9.17, 15) is 8.42 Å². The van der Waals surface area contributed by atoms with Crippen molar-refractivity contribution >= 4 is 49.9 Å². The van der Waals surface area contributed by atoms with E-state index >= 15 is 0 Å². The van der Waals surface area contributed by atoms with Crippen molar-refractivity contribution in [1.82, 2.24) is 0 Å². The van der Waals surface area contributed by atoms with E-state index in [1.165, 1.54) is 0 Å². The molecule has 2 aromatic carbocycles. The van der Waals surface area contributed by atoms with Gasteiger partial charge in [-0.05, 0) is 57.8 Å². The monoisotopic (exact) mass is 449 g/mol. The molecule has 0 aliphatic carbocycles. The van der Waals surface area contributed by atoms with E-state index in [2.05, 4.69) is 27.3 Å². The summed E-state index contributed by atoms with van der Waals surface area (Å²) in [5, 5.41) is 0.638. The topological polar surface area (TPSA) is 46.2 Å². The van der Waals surface area contributed by atoms with Gasteiger partial charge in [0.05, 0.1) is 10.6 Å². The van der Waals surface area contributed by atoms with Crippen LogP contribution in [0.1, 0.15) is 26.3 Å². The molecule has 2 rings (SSSR count). The summed E-state index contributed by atoms with van der Waals surface area (Å²) in [6.07, 6.45) is 0. The Morgan fingerprint density at radius 1 is 1.05 bits per heavy atom. The van der Waals surface area contributed by atoms with Gasteiger partial charge in [-0.2, -0.15) is 0 Å². The van der Waals surface area contributed by atoms with Crippen LogP contribution < -0.4 is 4.72 Å². The minimum Gasteiger partial charge on any atom is -0.279 e. The van der Waals surface area contributed by atoms with E-state index in [0.717, 1.165) is 9.13 Å². The van der Waals surface area contributed by atoms with Gasteiger partial charge in [0.2, 0.25) is 0 Å². The van der Waals surface area contributed by atoms with Crippen LogP contribution in [0.4, 0.5) is 5.69 Å². The molecule has 0 fully saturated rings. The largest absolute Gasteiger partial charge is 0.279 e. The van der Waals surface area contributed by atoms with E-state index in [-0.39, 0.29) is 10.3 Å². The zero-order chi connectivity index (χ0) is 16.5. The van der Waals surface area contributed by atoms with Crippen molar-refractivity contribution in [3.63, 3.8) is 0 Å². The van der Waals surface area contributed by atoms with Crippen molar-refractivity contribution in [3.8, 4) is 0 Å². The Kier molecular flexibility index (Phi) is 5.09. The number of sulfonamides is 1. The van der Waals surface area contributed by atoms with Crippen LogP contribution in [0.3, 0.4) is 0 Å².